The molecule has 1 aliphatic rings. The molecule has 1 aromatic rings. The predicted molar refractivity (Wildman–Crippen MR) is 67.1 cm³/mol. The van der Waals surface area contributed by atoms with Crippen molar-refractivity contribution in [1.29, 1.82) is 0 Å². The molecular formula is C12H15Cl2NO. The Labute approximate surface area is 106 Å². The van der Waals surface area contributed by atoms with E-state index >= 15 is 0 Å². The van der Waals surface area contributed by atoms with Crippen molar-refractivity contribution in [2.45, 2.75) is 25.5 Å². The number of benzene rings is 1. The van der Waals surface area contributed by atoms with Crippen LogP contribution >= 0.6 is 23.2 Å². The lowest BCUT2D eigenvalue weighted by atomic mass is 10.2. The maximum Gasteiger partial charge on any atom is 0.0746 e. The fourth-order valence-electron chi connectivity index (χ4n) is 1.87. The number of hydrogen-bond donors (Lipinski definition) is 1. The molecule has 2 nitrogen and oxygen atoms in total. The Morgan fingerprint density at radius 3 is 2.69 bits per heavy atom. The van der Waals surface area contributed by atoms with Crippen LogP contribution < -0.4 is 5.32 Å². The van der Waals surface area contributed by atoms with Gasteiger partial charge in [-0.3, -0.25) is 0 Å². The number of rotatable bonds is 4. The first-order valence-electron chi connectivity index (χ1n) is 5.51. The molecule has 16 heavy (non-hydrogen) atoms. The molecule has 0 unspecified atom stereocenters. The molecule has 88 valence electrons. The predicted octanol–water partition coefficient (Wildman–Crippen LogP) is 3.26. The molecule has 0 aliphatic carbocycles. The average Bonchev–Trinajstić information content (AvgIpc) is 2.75. The minimum Gasteiger partial charge on any atom is -0.375 e. The molecule has 1 atom stereocenters. The maximum absolute atomic E-state index is 6.04. The van der Waals surface area contributed by atoms with Gasteiger partial charge in [0.05, 0.1) is 13.2 Å². The zero-order valence-electron chi connectivity index (χ0n) is 9.01. The van der Waals surface area contributed by atoms with Crippen molar-refractivity contribution in [2.75, 3.05) is 13.2 Å². The van der Waals surface area contributed by atoms with Crippen molar-refractivity contribution in [2.24, 2.45) is 0 Å². The van der Waals surface area contributed by atoms with Crippen LogP contribution in [0, 0.1) is 0 Å². The maximum atomic E-state index is 6.04. The van der Waals surface area contributed by atoms with Crippen molar-refractivity contribution in [3.63, 3.8) is 0 Å². The minimum absolute atomic E-state index is 0.483. The summed E-state index contributed by atoms with van der Waals surface area (Å²) in [7, 11) is 0. The van der Waals surface area contributed by atoms with Crippen molar-refractivity contribution in [1.82, 2.24) is 5.32 Å². The van der Waals surface area contributed by atoms with Crippen molar-refractivity contribution >= 4 is 23.2 Å². The molecule has 0 amide bonds. The summed E-state index contributed by atoms with van der Waals surface area (Å²) in [5, 5.41) is 4.73. The second-order valence-electron chi connectivity index (χ2n) is 4.01. The standard InChI is InChI=1S/C12H15Cl2NO/c13-11-4-1-5-12(14)10(11)8-16-7-9-3-2-6-15-9/h1,4-5,9,15H,2-3,6-8H2/t9-/m0/s1. The second-order valence-corrected chi connectivity index (χ2v) is 4.82. The van der Waals surface area contributed by atoms with Gasteiger partial charge in [0, 0.05) is 21.7 Å². The fraction of sp³-hybridized carbons (Fsp3) is 0.500. The molecule has 0 saturated carbocycles. The highest BCUT2D eigenvalue weighted by Crippen LogP contribution is 2.25. The van der Waals surface area contributed by atoms with E-state index in [4.69, 9.17) is 27.9 Å². The van der Waals surface area contributed by atoms with Gasteiger partial charge in [-0.25, -0.2) is 0 Å². The summed E-state index contributed by atoms with van der Waals surface area (Å²) in [5.74, 6) is 0. The van der Waals surface area contributed by atoms with Gasteiger partial charge in [-0.1, -0.05) is 29.3 Å². The summed E-state index contributed by atoms with van der Waals surface area (Å²) in [6, 6.07) is 5.99. The third-order valence-corrected chi connectivity index (χ3v) is 3.50. The molecule has 1 aliphatic heterocycles. The first-order chi connectivity index (χ1) is 7.77. The van der Waals surface area contributed by atoms with Crippen LogP contribution in [-0.4, -0.2) is 19.2 Å². The first kappa shape index (κ1) is 12.2. The van der Waals surface area contributed by atoms with Gasteiger partial charge in [0.15, 0.2) is 0 Å². The molecule has 0 spiro atoms. The molecule has 1 N–H and O–H groups in total. The van der Waals surface area contributed by atoms with E-state index in [9.17, 15) is 0 Å². The molecule has 1 heterocycles. The number of ether oxygens (including phenoxy) is 1. The van der Waals surface area contributed by atoms with E-state index in [1.807, 2.05) is 18.2 Å². The van der Waals surface area contributed by atoms with Crippen LogP contribution in [0.4, 0.5) is 0 Å². The Morgan fingerprint density at radius 2 is 2.06 bits per heavy atom. The van der Waals surface area contributed by atoms with Crippen LogP contribution in [0.1, 0.15) is 18.4 Å². The Hall–Kier alpha value is -0.280. The number of hydrogen-bond acceptors (Lipinski definition) is 2. The highest BCUT2D eigenvalue weighted by atomic mass is 35.5. The summed E-state index contributed by atoms with van der Waals surface area (Å²) >= 11 is 12.1. The van der Waals surface area contributed by atoms with Gasteiger partial charge in [-0.15, -0.1) is 0 Å². The molecule has 1 fully saturated rings. The summed E-state index contributed by atoms with van der Waals surface area (Å²) < 4.78 is 5.63. The SMILES string of the molecule is Clc1cccc(Cl)c1COC[C@@H]1CCCN1. The molecule has 1 saturated heterocycles. The molecule has 0 aromatic heterocycles. The minimum atomic E-state index is 0.483. The molecular weight excluding hydrogens is 245 g/mol. The summed E-state index contributed by atoms with van der Waals surface area (Å²) in [6.45, 7) is 2.30. The van der Waals surface area contributed by atoms with Crippen LogP contribution in [0.3, 0.4) is 0 Å². The van der Waals surface area contributed by atoms with Crippen LogP contribution in [-0.2, 0) is 11.3 Å². The van der Waals surface area contributed by atoms with Crippen LogP contribution in [0.2, 0.25) is 10.0 Å². The highest BCUT2D eigenvalue weighted by Gasteiger charge is 2.14. The third kappa shape index (κ3) is 3.11. The average molecular weight is 260 g/mol. The quantitative estimate of drug-likeness (QED) is 0.897. The van der Waals surface area contributed by atoms with Crippen molar-refractivity contribution in [3.05, 3.63) is 33.8 Å². The summed E-state index contributed by atoms with van der Waals surface area (Å²) in [4.78, 5) is 0. The van der Waals surface area contributed by atoms with Gasteiger partial charge in [0.25, 0.3) is 0 Å². The van der Waals surface area contributed by atoms with Gasteiger partial charge in [0.2, 0.25) is 0 Å². The van der Waals surface area contributed by atoms with Gasteiger partial charge in [-0.2, -0.15) is 0 Å². The highest BCUT2D eigenvalue weighted by molar-refractivity contribution is 6.35. The van der Waals surface area contributed by atoms with Crippen molar-refractivity contribution < 1.29 is 4.74 Å². The first-order valence-corrected chi connectivity index (χ1v) is 6.27. The zero-order valence-corrected chi connectivity index (χ0v) is 10.5. The molecule has 2 rings (SSSR count). The van der Waals surface area contributed by atoms with Gasteiger partial charge < -0.3 is 10.1 Å². The molecule has 1 aromatic carbocycles. The third-order valence-electron chi connectivity index (χ3n) is 2.79. The molecule has 0 radical (unpaired) electrons. The Kier molecular flexibility index (Phi) is 4.47. The van der Waals surface area contributed by atoms with E-state index in [0.717, 1.165) is 18.7 Å². The lowest BCUT2D eigenvalue weighted by Crippen LogP contribution is -2.26. The number of nitrogens with one attached hydrogen (secondary N) is 1. The Bertz CT molecular complexity index is 331. The van der Waals surface area contributed by atoms with E-state index < -0.39 is 0 Å². The van der Waals surface area contributed by atoms with E-state index in [0.29, 0.717) is 22.7 Å². The molecule has 4 heteroatoms. The zero-order chi connectivity index (χ0) is 11.4. The van der Waals surface area contributed by atoms with Gasteiger partial charge >= 0.3 is 0 Å². The monoisotopic (exact) mass is 259 g/mol. The summed E-state index contributed by atoms with van der Waals surface area (Å²) in [6.07, 6.45) is 2.43. The second kappa shape index (κ2) is 5.87. The van der Waals surface area contributed by atoms with E-state index in [2.05, 4.69) is 5.32 Å². The van der Waals surface area contributed by atoms with E-state index in [-0.39, 0.29) is 0 Å². The number of halogens is 2. The fourth-order valence-corrected chi connectivity index (χ4v) is 2.38. The lowest BCUT2D eigenvalue weighted by Gasteiger charge is -2.12. The van der Waals surface area contributed by atoms with Gasteiger partial charge in [0.1, 0.15) is 0 Å². The topological polar surface area (TPSA) is 21.3 Å². The lowest BCUT2D eigenvalue weighted by molar-refractivity contribution is 0.103. The van der Waals surface area contributed by atoms with Gasteiger partial charge in [-0.05, 0) is 31.5 Å². The van der Waals surface area contributed by atoms with Crippen molar-refractivity contribution in [3.8, 4) is 0 Å². The smallest absolute Gasteiger partial charge is 0.0746 e. The van der Waals surface area contributed by atoms with E-state index in [1.165, 1.54) is 12.8 Å². The molecule has 0 bridgehead atoms. The Morgan fingerprint density at radius 1 is 1.31 bits per heavy atom. The normalized spacial score (nSPS) is 20.2. The van der Waals surface area contributed by atoms with Crippen LogP contribution in [0.25, 0.3) is 0 Å². The van der Waals surface area contributed by atoms with Crippen LogP contribution in [0.15, 0.2) is 18.2 Å². The Balaban J connectivity index is 1.84. The van der Waals surface area contributed by atoms with E-state index in [1.54, 1.807) is 0 Å². The van der Waals surface area contributed by atoms with Crippen LogP contribution in [0.5, 0.6) is 0 Å². The largest absolute Gasteiger partial charge is 0.375 e. The summed E-state index contributed by atoms with van der Waals surface area (Å²) in [5.41, 5.74) is 0.879.